The van der Waals surface area contributed by atoms with Gasteiger partial charge in [-0.1, -0.05) is 15.9 Å². The summed E-state index contributed by atoms with van der Waals surface area (Å²) in [5.74, 6) is 0.940. The first kappa shape index (κ1) is 11.9. The molecule has 1 aliphatic rings. The molecule has 0 bridgehead atoms. The summed E-state index contributed by atoms with van der Waals surface area (Å²) in [6.45, 7) is 2.52. The van der Waals surface area contributed by atoms with E-state index in [0.717, 1.165) is 36.4 Å². The maximum atomic E-state index is 5.44. The van der Waals surface area contributed by atoms with Crippen LogP contribution in [0.3, 0.4) is 0 Å². The number of benzene rings is 1. The van der Waals surface area contributed by atoms with Crippen LogP contribution in [-0.2, 0) is 11.2 Å². The molecule has 0 saturated carbocycles. The molecule has 1 aliphatic heterocycles. The second-order valence-electron chi connectivity index (χ2n) is 3.89. The normalized spacial score (nSPS) is 20.8. The molecule has 1 aromatic rings. The molecule has 0 radical (unpaired) electrons. The molecular weight excluding hydrogens is 270 g/mol. The number of hydrogen-bond donors (Lipinski definition) is 1. The average Bonchev–Trinajstić information content (AvgIpc) is 2.31. The second kappa shape index (κ2) is 5.66. The summed E-state index contributed by atoms with van der Waals surface area (Å²) >= 11 is 3.48. The second-order valence-corrected chi connectivity index (χ2v) is 4.80. The Balaban J connectivity index is 2.09. The Labute approximate surface area is 104 Å². The first-order valence-corrected chi connectivity index (χ1v) is 6.22. The zero-order chi connectivity index (χ0) is 11.4. The van der Waals surface area contributed by atoms with Crippen LogP contribution >= 0.6 is 15.9 Å². The number of morpholine rings is 1. The molecule has 3 nitrogen and oxygen atoms in total. The fourth-order valence-electron chi connectivity index (χ4n) is 1.92. The standard InChI is InChI=1S/C12H16BrNO2/c1-15-12-3-2-10(13)6-9(12)7-11-8-16-5-4-14-11/h2-3,6,11,14H,4-5,7-8H2,1H3. The third-order valence-corrected chi connectivity index (χ3v) is 3.20. The lowest BCUT2D eigenvalue weighted by atomic mass is 10.0. The van der Waals surface area contributed by atoms with Crippen LogP contribution in [-0.4, -0.2) is 32.9 Å². The van der Waals surface area contributed by atoms with Gasteiger partial charge in [0.2, 0.25) is 0 Å². The van der Waals surface area contributed by atoms with Crippen molar-refractivity contribution in [1.29, 1.82) is 0 Å². The molecule has 1 atom stereocenters. The van der Waals surface area contributed by atoms with Crippen molar-refractivity contribution in [1.82, 2.24) is 5.32 Å². The predicted molar refractivity (Wildman–Crippen MR) is 67.0 cm³/mol. The minimum Gasteiger partial charge on any atom is -0.496 e. The molecule has 1 heterocycles. The van der Waals surface area contributed by atoms with Gasteiger partial charge in [-0.05, 0) is 30.2 Å². The molecule has 1 saturated heterocycles. The van der Waals surface area contributed by atoms with E-state index in [1.54, 1.807) is 7.11 Å². The van der Waals surface area contributed by atoms with Crippen molar-refractivity contribution in [3.05, 3.63) is 28.2 Å². The third-order valence-electron chi connectivity index (χ3n) is 2.71. The minimum atomic E-state index is 0.386. The molecule has 1 fully saturated rings. The van der Waals surface area contributed by atoms with Gasteiger partial charge >= 0.3 is 0 Å². The van der Waals surface area contributed by atoms with Gasteiger partial charge in [-0.2, -0.15) is 0 Å². The molecule has 0 aromatic heterocycles. The van der Waals surface area contributed by atoms with Crippen LogP contribution in [0.25, 0.3) is 0 Å². The maximum absolute atomic E-state index is 5.44. The monoisotopic (exact) mass is 285 g/mol. The van der Waals surface area contributed by atoms with E-state index in [0.29, 0.717) is 6.04 Å². The summed E-state index contributed by atoms with van der Waals surface area (Å²) in [4.78, 5) is 0. The predicted octanol–water partition coefficient (Wildman–Crippen LogP) is 1.99. The minimum absolute atomic E-state index is 0.386. The SMILES string of the molecule is COc1ccc(Br)cc1CC1COCCN1. The van der Waals surface area contributed by atoms with Gasteiger partial charge in [0.1, 0.15) is 5.75 Å². The van der Waals surface area contributed by atoms with E-state index in [1.807, 2.05) is 12.1 Å². The Kier molecular flexibility index (Phi) is 4.21. The van der Waals surface area contributed by atoms with Crippen molar-refractivity contribution in [2.45, 2.75) is 12.5 Å². The van der Waals surface area contributed by atoms with Gasteiger partial charge in [0.05, 0.1) is 20.3 Å². The van der Waals surface area contributed by atoms with Crippen molar-refractivity contribution in [2.75, 3.05) is 26.9 Å². The van der Waals surface area contributed by atoms with Crippen molar-refractivity contribution in [2.24, 2.45) is 0 Å². The number of ether oxygens (including phenoxy) is 2. The number of halogens is 1. The van der Waals surface area contributed by atoms with Crippen LogP contribution in [0.4, 0.5) is 0 Å². The molecule has 16 heavy (non-hydrogen) atoms. The highest BCUT2D eigenvalue weighted by Gasteiger charge is 2.15. The molecule has 0 spiro atoms. The van der Waals surface area contributed by atoms with Crippen LogP contribution in [0, 0.1) is 0 Å². The summed E-state index contributed by atoms with van der Waals surface area (Å²) in [7, 11) is 1.71. The molecule has 4 heteroatoms. The van der Waals surface area contributed by atoms with Crippen LogP contribution < -0.4 is 10.1 Å². The van der Waals surface area contributed by atoms with Crippen molar-refractivity contribution in [3.8, 4) is 5.75 Å². The molecular formula is C12H16BrNO2. The van der Waals surface area contributed by atoms with Gasteiger partial charge in [-0.3, -0.25) is 0 Å². The fraction of sp³-hybridized carbons (Fsp3) is 0.500. The largest absolute Gasteiger partial charge is 0.496 e. The summed E-state index contributed by atoms with van der Waals surface area (Å²) in [6, 6.07) is 6.47. The van der Waals surface area contributed by atoms with E-state index in [2.05, 4.69) is 27.3 Å². The van der Waals surface area contributed by atoms with Crippen LogP contribution in [0.2, 0.25) is 0 Å². The summed E-state index contributed by atoms with van der Waals surface area (Å²) < 4.78 is 11.9. The maximum Gasteiger partial charge on any atom is 0.122 e. The Hall–Kier alpha value is -0.580. The van der Waals surface area contributed by atoms with Crippen molar-refractivity contribution >= 4 is 15.9 Å². The lowest BCUT2D eigenvalue weighted by molar-refractivity contribution is 0.0768. The number of rotatable bonds is 3. The van der Waals surface area contributed by atoms with Crippen molar-refractivity contribution in [3.63, 3.8) is 0 Å². The van der Waals surface area contributed by atoms with E-state index in [4.69, 9.17) is 9.47 Å². The van der Waals surface area contributed by atoms with Crippen molar-refractivity contribution < 1.29 is 9.47 Å². The lowest BCUT2D eigenvalue weighted by Crippen LogP contribution is -2.42. The van der Waals surface area contributed by atoms with Gasteiger partial charge in [0.15, 0.2) is 0 Å². The lowest BCUT2D eigenvalue weighted by Gasteiger charge is -2.24. The van der Waals surface area contributed by atoms with E-state index in [9.17, 15) is 0 Å². The fourth-order valence-corrected chi connectivity index (χ4v) is 2.33. The molecule has 1 N–H and O–H groups in total. The highest BCUT2D eigenvalue weighted by Crippen LogP contribution is 2.24. The Morgan fingerprint density at radius 2 is 2.44 bits per heavy atom. The number of methoxy groups -OCH3 is 1. The summed E-state index contributed by atoms with van der Waals surface area (Å²) in [6.07, 6.45) is 0.933. The first-order valence-electron chi connectivity index (χ1n) is 5.43. The van der Waals surface area contributed by atoms with E-state index < -0.39 is 0 Å². The van der Waals surface area contributed by atoms with Crippen LogP contribution in [0.15, 0.2) is 22.7 Å². The van der Waals surface area contributed by atoms with Crippen LogP contribution in [0.5, 0.6) is 5.75 Å². The average molecular weight is 286 g/mol. The number of nitrogens with one attached hydrogen (secondary N) is 1. The van der Waals surface area contributed by atoms with Gasteiger partial charge in [0, 0.05) is 17.1 Å². The van der Waals surface area contributed by atoms with Gasteiger partial charge in [0.25, 0.3) is 0 Å². The zero-order valence-electron chi connectivity index (χ0n) is 9.33. The Morgan fingerprint density at radius 3 is 3.12 bits per heavy atom. The Bertz CT molecular complexity index is 351. The quantitative estimate of drug-likeness (QED) is 0.921. The first-order chi connectivity index (χ1) is 7.79. The topological polar surface area (TPSA) is 30.5 Å². The van der Waals surface area contributed by atoms with Gasteiger partial charge in [-0.15, -0.1) is 0 Å². The third kappa shape index (κ3) is 2.97. The Morgan fingerprint density at radius 1 is 1.56 bits per heavy atom. The number of hydrogen-bond acceptors (Lipinski definition) is 3. The molecule has 0 amide bonds. The van der Waals surface area contributed by atoms with E-state index >= 15 is 0 Å². The highest BCUT2D eigenvalue weighted by atomic mass is 79.9. The van der Waals surface area contributed by atoms with Gasteiger partial charge < -0.3 is 14.8 Å². The van der Waals surface area contributed by atoms with Crippen LogP contribution in [0.1, 0.15) is 5.56 Å². The van der Waals surface area contributed by atoms with Gasteiger partial charge in [-0.25, -0.2) is 0 Å². The summed E-state index contributed by atoms with van der Waals surface area (Å²) in [5, 5.41) is 3.44. The zero-order valence-corrected chi connectivity index (χ0v) is 10.9. The highest BCUT2D eigenvalue weighted by molar-refractivity contribution is 9.10. The molecule has 1 unspecified atom stereocenters. The van der Waals surface area contributed by atoms with E-state index in [1.165, 1.54) is 5.56 Å². The van der Waals surface area contributed by atoms with E-state index in [-0.39, 0.29) is 0 Å². The summed E-state index contributed by atoms with van der Waals surface area (Å²) in [5.41, 5.74) is 1.21. The molecule has 1 aromatic carbocycles. The smallest absolute Gasteiger partial charge is 0.122 e. The molecule has 2 rings (SSSR count). The molecule has 0 aliphatic carbocycles. The molecule has 88 valence electrons.